The first-order valence-corrected chi connectivity index (χ1v) is 9.42. The molecule has 0 aliphatic carbocycles. The Morgan fingerprint density at radius 3 is 1.91 bits per heavy atom. The molecule has 33 heavy (non-hydrogen) atoms. The van der Waals surface area contributed by atoms with Crippen molar-refractivity contribution >= 4 is 11.6 Å². The van der Waals surface area contributed by atoms with E-state index in [1.165, 1.54) is 19.2 Å². The number of phenols is 1. The zero-order chi connectivity index (χ0) is 24.4. The number of amides is 1. The number of alkyl halides is 6. The van der Waals surface area contributed by atoms with Crippen LogP contribution in [0.15, 0.2) is 60.7 Å². The summed E-state index contributed by atoms with van der Waals surface area (Å²) >= 11 is 0. The predicted octanol–water partition coefficient (Wildman–Crippen LogP) is 6.28. The van der Waals surface area contributed by atoms with Crippen LogP contribution in [0.5, 0.6) is 11.5 Å². The average molecular weight is 469 g/mol. The van der Waals surface area contributed by atoms with E-state index >= 15 is 0 Å². The molecule has 3 aromatic carbocycles. The summed E-state index contributed by atoms with van der Waals surface area (Å²) in [5, 5.41) is 12.1. The lowest BCUT2D eigenvalue weighted by Gasteiger charge is -2.15. The molecule has 0 saturated heterocycles. The van der Waals surface area contributed by atoms with Crippen LogP contribution in [0.4, 0.5) is 32.0 Å². The molecule has 2 N–H and O–H groups in total. The van der Waals surface area contributed by atoms with Gasteiger partial charge in [-0.25, -0.2) is 0 Å². The summed E-state index contributed by atoms with van der Waals surface area (Å²) in [6.07, 6.45) is -9.76. The monoisotopic (exact) mass is 469 g/mol. The van der Waals surface area contributed by atoms with Gasteiger partial charge in [0.25, 0.3) is 5.91 Å². The number of carbonyl (C=O) groups is 1. The van der Waals surface area contributed by atoms with Gasteiger partial charge in [0.2, 0.25) is 0 Å². The Hall–Kier alpha value is -3.69. The van der Waals surface area contributed by atoms with E-state index < -0.39 is 40.8 Å². The molecule has 10 heteroatoms. The normalized spacial score (nSPS) is 11.8. The standard InChI is InChI=1S/C23H17F6NO3/c1-33-18-5-2-13(3-6-18)8-14-4-7-20(31)19(9-14)21(32)30-17-11-15(22(24,25)26)10-16(12-17)23(27,28)29/h2-7,9-12,31H,8H2,1H3,(H,30,32). The van der Waals surface area contributed by atoms with Gasteiger partial charge in [0, 0.05) is 5.69 Å². The van der Waals surface area contributed by atoms with Gasteiger partial charge in [0.15, 0.2) is 0 Å². The Labute approximate surface area is 184 Å². The Bertz CT molecular complexity index is 1120. The van der Waals surface area contributed by atoms with Gasteiger partial charge >= 0.3 is 12.4 Å². The van der Waals surface area contributed by atoms with E-state index in [-0.39, 0.29) is 11.6 Å². The van der Waals surface area contributed by atoms with Gasteiger partial charge in [-0.1, -0.05) is 18.2 Å². The number of hydrogen-bond donors (Lipinski definition) is 2. The van der Waals surface area contributed by atoms with E-state index in [0.717, 1.165) is 5.56 Å². The van der Waals surface area contributed by atoms with Gasteiger partial charge in [-0.3, -0.25) is 4.79 Å². The lowest BCUT2D eigenvalue weighted by molar-refractivity contribution is -0.143. The quantitative estimate of drug-likeness (QED) is 0.433. The van der Waals surface area contributed by atoms with Crippen molar-refractivity contribution in [2.75, 3.05) is 12.4 Å². The van der Waals surface area contributed by atoms with Crippen molar-refractivity contribution in [2.45, 2.75) is 18.8 Å². The van der Waals surface area contributed by atoms with Crippen molar-refractivity contribution in [3.8, 4) is 11.5 Å². The molecule has 0 saturated carbocycles. The van der Waals surface area contributed by atoms with Crippen LogP contribution in [-0.4, -0.2) is 18.1 Å². The second-order valence-electron chi connectivity index (χ2n) is 7.13. The Kier molecular flexibility index (Phi) is 6.57. The minimum atomic E-state index is -5.05. The van der Waals surface area contributed by atoms with E-state index in [9.17, 15) is 36.2 Å². The third kappa shape index (κ3) is 5.97. The van der Waals surface area contributed by atoms with Crippen LogP contribution < -0.4 is 10.1 Å². The molecule has 0 atom stereocenters. The molecule has 0 aliphatic heterocycles. The van der Waals surface area contributed by atoms with Crippen molar-refractivity contribution in [3.63, 3.8) is 0 Å². The topological polar surface area (TPSA) is 58.6 Å². The fourth-order valence-corrected chi connectivity index (χ4v) is 3.08. The number of hydrogen-bond acceptors (Lipinski definition) is 3. The van der Waals surface area contributed by atoms with Gasteiger partial charge in [-0.05, 0) is 60.0 Å². The molecule has 0 fully saturated rings. The number of nitrogens with one attached hydrogen (secondary N) is 1. The zero-order valence-corrected chi connectivity index (χ0v) is 17.0. The number of ether oxygens (including phenoxy) is 1. The second-order valence-corrected chi connectivity index (χ2v) is 7.13. The molecule has 0 heterocycles. The van der Waals surface area contributed by atoms with E-state index in [2.05, 4.69) is 0 Å². The van der Waals surface area contributed by atoms with Crippen molar-refractivity contribution < 1.29 is 41.0 Å². The van der Waals surface area contributed by atoms with Crippen molar-refractivity contribution in [2.24, 2.45) is 0 Å². The van der Waals surface area contributed by atoms with Gasteiger partial charge in [-0.15, -0.1) is 0 Å². The maximum Gasteiger partial charge on any atom is 0.416 e. The molecule has 174 valence electrons. The van der Waals surface area contributed by atoms with Gasteiger partial charge in [0.1, 0.15) is 11.5 Å². The first-order chi connectivity index (χ1) is 15.4. The number of halogens is 6. The molecule has 0 bridgehead atoms. The Balaban J connectivity index is 1.88. The molecule has 3 rings (SSSR count). The summed E-state index contributed by atoms with van der Waals surface area (Å²) in [6, 6.07) is 11.9. The first kappa shape index (κ1) is 24.0. The van der Waals surface area contributed by atoms with Crippen LogP contribution in [0.25, 0.3) is 0 Å². The minimum Gasteiger partial charge on any atom is -0.507 e. The summed E-state index contributed by atoms with van der Waals surface area (Å²) in [6.45, 7) is 0. The molecule has 0 unspecified atom stereocenters. The molecule has 0 aromatic heterocycles. The summed E-state index contributed by atoms with van der Waals surface area (Å²) in [4.78, 5) is 12.6. The van der Waals surface area contributed by atoms with E-state index in [1.54, 1.807) is 30.3 Å². The maximum atomic E-state index is 13.0. The molecule has 0 spiro atoms. The van der Waals surface area contributed by atoms with Gasteiger partial charge in [-0.2, -0.15) is 26.3 Å². The number of benzene rings is 3. The van der Waals surface area contributed by atoms with Crippen LogP contribution in [0.2, 0.25) is 0 Å². The highest BCUT2D eigenvalue weighted by Gasteiger charge is 2.37. The molecular formula is C23H17F6NO3. The molecule has 1 amide bonds. The highest BCUT2D eigenvalue weighted by atomic mass is 19.4. The third-order valence-corrected chi connectivity index (χ3v) is 4.72. The fourth-order valence-electron chi connectivity index (χ4n) is 3.08. The van der Waals surface area contributed by atoms with Crippen LogP contribution in [0.3, 0.4) is 0 Å². The van der Waals surface area contributed by atoms with Gasteiger partial charge < -0.3 is 15.2 Å². The van der Waals surface area contributed by atoms with Crippen LogP contribution in [0.1, 0.15) is 32.6 Å². The smallest absolute Gasteiger partial charge is 0.416 e. The molecule has 4 nitrogen and oxygen atoms in total. The number of methoxy groups -OCH3 is 1. The van der Waals surface area contributed by atoms with Crippen molar-refractivity contribution in [1.29, 1.82) is 0 Å². The molecule has 3 aromatic rings. The molecular weight excluding hydrogens is 452 g/mol. The average Bonchev–Trinajstić information content (AvgIpc) is 2.74. The van der Waals surface area contributed by atoms with Crippen molar-refractivity contribution in [1.82, 2.24) is 0 Å². The number of aromatic hydroxyl groups is 1. The SMILES string of the molecule is COc1ccc(Cc2ccc(O)c(C(=O)Nc3cc(C(F)(F)F)cc(C(F)(F)F)c3)c2)cc1. The number of anilines is 1. The van der Waals surface area contributed by atoms with E-state index in [1.807, 2.05) is 5.32 Å². The van der Waals surface area contributed by atoms with Crippen LogP contribution in [-0.2, 0) is 18.8 Å². The van der Waals surface area contributed by atoms with Gasteiger partial charge in [0.05, 0.1) is 23.8 Å². The minimum absolute atomic E-state index is 0.0391. The van der Waals surface area contributed by atoms with E-state index in [0.29, 0.717) is 29.9 Å². The maximum absolute atomic E-state index is 13.0. The zero-order valence-electron chi connectivity index (χ0n) is 17.0. The fraction of sp³-hybridized carbons (Fsp3) is 0.174. The predicted molar refractivity (Wildman–Crippen MR) is 108 cm³/mol. The highest BCUT2D eigenvalue weighted by molar-refractivity contribution is 6.06. The number of carbonyl (C=O) groups excluding carboxylic acids is 1. The molecule has 0 aliphatic rings. The van der Waals surface area contributed by atoms with Crippen molar-refractivity contribution in [3.05, 3.63) is 88.5 Å². The summed E-state index contributed by atoms with van der Waals surface area (Å²) in [5.41, 5.74) is -2.70. The summed E-state index contributed by atoms with van der Waals surface area (Å²) < 4.78 is 83.3. The highest BCUT2D eigenvalue weighted by Crippen LogP contribution is 2.37. The lowest BCUT2D eigenvalue weighted by Crippen LogP contribution is -2.16. The Morgan fingerprint density at radius 1 is 0.848 bits per heavy atom. The number of phenolic OH excluding ortho intramolecular Hbond substituents is 1. The second kappa shape index (κ2) is 9.05. The Morgan fingerprint density at radius 2 is 1.39 bits per heavy atom. The van der Waals surface area contributed by atoms with Crippen LogP contribution >= 0.6 is 0 Å². The first-order valence-electron chi connectivity index (χ1n) is 9.42. The lowest BCUT2D eigenvalue weighted by atomic mass is 10.0. The van der Waals surface area contributed by atoms with E-state index in [4.69, 9.17) is 4.74 Å². The third-order valence-electron chi connectivity index (χ3n) is 4.72. The summed E-state index contributed by atoms with van der Waals surface area (Å²) in [7, 11) is 1.52. The van der Waals surface area contributed by atoms with Crippen LogP contribution in [0, 0.1) is 0 Å². The molecule has 0 radical (unpaired) electrons. The largest absolute Gasteiger partial charge is 0.507 e. The number of rotatable bonds is 5. The summed E-state index contributed by atoms with van der Waals surface area (Å²) in [5.74, 6) is -0.894.